The van der Waals surface area contributed by atoms with E-state index in [1.54, 1.807) is 43.1 Å². The third-order valence-electron chi connectivity index (χ3n) is 4.05. The number of benzene rings is 2. The molecule has 0 radical (unpaired) electrons. The summed E-state index contributed by atoms with van der Waals surface area (Å²) in [6.07, 6.45) is 1.99. The normalized spacial score (nSPS) is 11.5. The predicted molar refractivity (Wildman–Crippen MR) is 110 cm³/mol. The summed E-state index contributed by atoms with van der Waals surface area (Å²) in [6.45, 7) is 3.09. The van der Waals surface area contributed by atoms with Crippen LogP contribution in [0.1, 0.15) is 6.92 Å². The summed E-state index contributed by atoms with van der Waals surface area (Å²) in [7, 11) is 1.60. The molecule has 2 amide bonds. The molecule has 0 aromatic heterocycles. The molecule has 0 aliphatic carbocycles. The number of likely N-dealkylation sites (N-methyl/N-ethyl adjacent to an activating group) is 1. The number of carbonyl (C=O) groups excluding carboxylic acids is 2. The van der Waals surface area contributed by atoms with Crippen LogP contribution < -0.4 is 20.3 Å². The predicted octanol–water partition coefficient (Wildman–Crippen LogP) is 1.90. The van der Waals surface area contributed by atoms with E-state index in [0.717, 1.165) is 21.2 Å². The maximum absolute atomic E-state index is 12.3. The monoisotopic (exact) mass is 388 g/mol. The van der Waals surface area contributed by atoms with Gasteiger partial charge in [0.25, 0.3) is 11.8 Å². The molecule has 0 aliphatic heterocycles. The molecule has 0 saturated carbocycles. The van der Waals surface area contributed by atoms with Crippen LogP contribution in [0.4, 0.5) is 11.4 Å². The lowest BCUT2D eigenvalue weighted by Crippen LogP contribution is -3.13. The molecule has 144 valence electrons. The van der Waals surface area contributed by atoms with Crippen molar-refractivity contribution in [2.24, 2.45) is 0 Å². The first-order chi connectivity index (χ1) is 13.0. The van der Waals surface area contributed by atoms with Crippen molar-refractivity contribution < 1.29 is 19.2 Å². The van der Waals surface area contributed by atoms with Crippen molar-refractivity contribution in [1.82, 2.24) is 0 Å². The molecule has 3 N–H and O–H groups in total. The van der Waals surface area contributed by atoms with Crippen LogP contribution in [0.2, 0.25) is 0 Å². The highest BCUT2D eigenvalue weighted by Gasteiger charge is 2.17. The first-order valence-electron chi connectivity index (χ1n) is 8.75. The Morgan fingerprint density at radius 3 is 2.19 bits per heavy atom. The minimum atomic E-state index is -0.130. The lowest BCUT2D eigenvalue weighted by atomic mass is 10.3. The Morgan fingerprint density at radius 2 is 1.63 bits per heavy atom. The minimum absolute atomic E-state index is 0.109. The average molecular weight is 389 g/mol. The standard InChI is InChI=1S/C20H25N3O3S/c1-4-23(13-19(24)21-15-8-10-17(26-2)11-9-15)14-20(25)22-16-6-5-7-18(12-16)27-3/h5-12H,4,13-14H2,1-3H3,(H,21,24)(H,22,25)/p+1. The van der Waals surface area contributed by atoms with E-state index in [1.807, 2.05) is 37.4 Å². The fraction of sp³-hybridized carbons (Fsp3) is 0.300. The fourth-order valence-electron chi connectivity index (χ4n) is 2.55. The molecule has 2 rings (SSSR count). The summed E-state index contributed by atoms with van der Waals surface area (Å²) in [5.41, 5.74) is 1.47. The fourth-order valence-corrected chi connectivity index (χ4v) is 3.01. The third-order valence-corrected chi connectivity index (χ3v) is 4.77. The third kappa shape index (κ3) is 6.96. The van der Waals surface area contributed by atoms with Gasteiger partial charge in [-0.2, -0.15) is 0 Å². The average Bonchev–Trinajstić information content (AvgIpc) is 2.68. The number of hydrogen-bond donors (Lipinski definition) is 3. The number of rotatable bonds is 9. The second kappa shape index (κ2) is 10.6. The highest BCUT2D eigenvalue weighted by molar-refractivity contribution is 7.98. The SMILES string of the molecule is CC[NH+](CC(=O)Nc1ccc(OC)cc1)CC(=O)Nc1cccc(SC)c1. The number of hydrogen-bond acceptors (Lipinski definition) is 4. The molecule has 0 fully saturated rings. The number of amides is 2. The van der Waals surface area contributed by atoms with E-state index < -0.39 is 0 Å². The van der Waals surface area contributed by atoms with Gasteiger partial charge >= 0.3 is 0 Å². The highest BCUT2D eigenvalue weighted by atomic mass is 32.2. The van der Waals surface area contributed by atoms with Crippen LogP contribution in [0.15, 0.2) is 53.4 Å². The molecular weight excluding hydrogens is 362 g/mol. The molecule has 27 heavy (non-hydrogen) atoms. The van der Waals surface area contributed by atoms with E-state index in [0.29, 0.717) is 12.2 Å². The zero-order valence-corrected chi connectivity index (χ0v) is 16.7. The van der Waals surface area contributed by atoms with Crippen LogP contribution in [-0.4, -0.2) is 44.8 Å². The summed E-state index contributed by atoms with van der Waals surface area (Å²) in [5.74, 6) is 0.493. The van der Waals surface area contributed by atoms with Crippen LogP contribution in [0.5, 0.6) is 5.75 Å². The van der Waals surface area contributed by atoms with Crippen LogP contribution in [0.25, 0.3) is 0 Å². The Balaban J connectivity index is 1.85. The zero-order chi connectivity index (χ0) is 19.6. The van der Waals surface area contributed by atoms with Gasteiger partial charge in [0.1, 0.15) is 5.75 Å². The van der Waals surface area contributed by atoms with Crippen LogP contribution >= 0.6 is 11.8 Å². The van der Waals surface area contributed by atoms with Gasteiger partial charge in [-0.15, -0.1) is 11.8 Å². The number of thioether (sulfide) groups is 1. The number of anilines is 2. The molecule has 6 nitrogen and oxygen atoms in total. The second-order valence-corrected chi connectivity index (χ2v) is 6.89. The molecule has 0 bridgehead atoms. The van der Waals surface area contributed by atoms with Crippen molar-refractivity contribution in [1.29, 1.82) is 0 Å². The number of methoxy groups -OCH3 is 1. The summed E-state index contributed by atoms with van der Waals surface area (Å²) < 4.78 is 5.10. The molecule has 2 aromatic rings. The van der Waals surface area contributed by atoms with Gasteiger partial charge in [-0.3, -0.25) is 9.59 Å². The van der Waals surface area contributed by atoms with Gasteiger partial charge in [0.05, 0.1) is 13.7 Å². The van der Waals surface area contributed by atoms with Gasteiger partial charge in [0, 0.05) is 16.3 Å². The molecule has 1 atom stereocenters. The molecule has 7 heteroatoms. The van der Waals surface area contributed by atoms with Gasteiger partial charge in [-0.25, -0.2) is 0 Å². The van der Waals surface area contributed by atoms with Gasteiger partial charge in [0.15, 0.2) is 13.1 Å². The Morgan fingerprint density at radius 1 is 1.00 bits per heavy atom. The molecule has 0 spiro atoms. The summed E-state index contributed by atoms with van der Waals surface area (Å²) in [6, 6.07) is 14.8. The Bertz CT molecular complexity index is 765. The second-order valence-electron chi connectivity index (χ2n) is 6.01. The highest BCUT2D eigenvalue weighted by Crippen LogP contribution is 2.18. The summed E-state index contributed by atoms with van der Waals surface area (Å²) in [4.78, 5) is 26.5. The van der Waals surface area contributed by atoms with Gasteiger partial charge in [-0.1, -0.05) is 6.07 Å². The Kier molecular flexibility index (Phi) is 8.16. The zero-order valence-electron chi connectivity index (χ0n) is 15.9. The molecule has 1 unspecified atom stereocenters. The van der Waals surface area contributed by atoms with E-state index in [2.05, 4.69) is 10.6 Å². The quantitative estimate of drug-likeness (QED) is 0.574. The lowest BCUT2D eigenvalue weighted by Gasteiger charge is -2.17. The van der Waals surface area contributed by atoms with Crippen molar-refractivity contribution >= 4 is 35.0 Å². The van der Waals surface area contributed by atoms with Crippen molar-refractivity contribution in [2.75, 3.05) is 43.6 Å². The van der Waals surface area contributed by atoms with Crippen LogP contribution in [0.3, 0.4) is 0 Å². The number of nitrogens with one attached hydrogen (secondary N) is 3. The molecule has 2 aromatic carbocycles. The minimum Gasteiger partial charge on any atom is -0.497 e. The lowest BCUT2D eigenvalue weighted by molar-refractivity contribution is -0.881. The Hall–Kier alpha value is -2.51. The van der Waals surface area contributed by atoms with Crippen LogP contribution in [-0.2, 0) is 9.59 Å². The van der Waals surface area contributed by atoms with Crippen molar-refractivity contribution in [2.45, 2.75) is 11.8 Å². The van der Waals surface area contributed by atoms with E-state index in [9.17, 15) is 9.59 Å². The van der Waals surface area contributed by atoms with E-state index in [-0.39, 0.29) is 24.9 Å². The topological polar surface area (TPSA) is 71.9 Å². The van der Waals surface area contributed by atoms with Crippen molar-refractivity contribution in [3.8, 4) is 5.75 Å². The largest absolute Gasteiger partial charge is 0.497 e. The first-order valence-corrected chi connectivity index (χ1v) is 9.98. The summed E-state index contributed by atoms with van der Waals surface area (Å²) in [5, 5.41) is 5.74. The summed E-state index contributed by atoms with van der Waals surface area (Å²) >= 11 is 1.62. The maximum atomic E-state index is 12.3. The number of ether oxygens (including phenoxy) is 1. The van der Waals surface area contributed by atoms with E-state index in [4.69, 9.17) is 4.74 Å². The maximum Gasteiger partial charge on any atom is 0.279 e. The van der Waals surface area contributed by atoms with Gasteiger partial charge in [0.2, 0.25) is 0 Å². The number of quaternary nitrogens is 1. The van der Waals surface area contributed by atoms with E-state index >= 15 is 0 Å². The molecule has 0 aliphatic rings. The number of carbonyl (C=O) groups is 2. The van der Waals surface area contributed by atoms with Crippen LogP contribution in [0, 0.1) is 0 Å². The van der Waals surface area contributed by atoms with Crippen molar-refractivity contribution in [3.63, 3.8) is 0 Å². The molecule has 0 saturated heterocycles. The first kappa shape index (κ1) is 20.8. The Labute approximate surface area is 164 Å². The molecular formula is C20H26N3O3S+. The van der Waals surface area contributed by atoms with Crippen molar-refractivity contribution in [3.05, 3.63) is 48.5 Å². The van der Waals surface area contributed by atoms with Gasteiger partial charge in [-0.05, 0) is 55.6 Å². The smallest absolute Gasteiger partial charge is 0.279 e. The molecule has 0 heterocycles. The van der Waals surface area contributed by atoms with E-state index in [1.165, 1.54) is 0 Å². The van der Waals surface area contributed by atoms with Gasteiger partial charge < -0.3 is 20.3 Å².